The second-order valence-corrected chi connectivity index (χ2v) is 5.16. The average Bonchev–Trinajstić information content (AvgIpc) is 2.45. The highest BCUT2D eigenvalue weighted by molar-refractivity contribution is 7.77. The maximum Gasteiger partial charge on any atom is 0.272 e. The monoisotopic (exact) mass is 345 g/mol. The smallest absolute Gasteiger partial charge is 0.272 e. The van der Waals surface area contributed by atoms with E-state index in [0.29, 0.717) is 10.7 Å². The van der Waals surface area contributed by atoms with E-state index < -0.39 is 27.7 Å². The second-order valence-electron chi connectivity index (χ2n) is 4.05. The van der Waals surface area contributed by atoms with Crippen molar-refractivity contribution >= 4 is 39.9 Å². The minimum absolute atomic E-state index is 0.157. The van der Waals surface area contributed by atoms with Crippen LogP contribution < -0.4 is 9.84 Å². The number of non-ortho nitro benzene ring substituents is 1. The van der Waals surface area contributed by atoms with Gasteiger partial charge in [0.25, 0.3) is 17.0 Å². The Kier molecular flexibility index (Phi) is 5.03. The summed E-state index contributed by atoms with van der Waals surface area (Å²) in [5.41, 5.74) is -0.266. The molecule has 7 nitrogen and oxygen atoms in total. The Morgan fingerprint density at radius 1 is 1.27 bits per heavy atom. The van der Waals surface area contributed by atoms with Gasteiger partial charge < -0.3 is 0 Å². The third kappa shape index (κ3) is 3.77. The number of hydrogen-bond acceptors (Lipinski definition) is 4. The highest BCUT2D eigenvalue weighted by Gasteiger charge is 2.18. The van der Waals surface area contributed by atoms with Gasteiger partial charge in [0.2, 0.25) is 0 Å². The fourth-order valence-electron chi connectivity index (χ4n) is 1.70. The van der Waals surface area contributed by atoms with Gasteiger partial charge in [0.15, 0.2) is 5.82 Å². The van der Waals surface area contributed by atoms with Crippen molar-refractivity contribution in [2.45, 2.75) is 0 Å². The van der Waals surface area contributed by atoms with Crippen molar-refractivity contribution in [3.05, 3.63) is 63.4 Å². The first-order valence-corrected chi connectivity index (χ1v) is 7.24. The standard InChI is InChI=1S/C12H9ClFN3O4S/c13-8-1-3-9(4-2-8)16(15-22(20)21)12-6-5-10(17(18)19)7-11(12)14/h1-7,15H,(H,20,21). The summed E-state index contributed by atoms with van der Waals surface area (Å²) in [5, 5.41) is 12.0. The molecule has 116 valence electrons. The Morgan fingerprint density at radius 2 is 1.91 bits per heavy atom. The molecule has 0 radical (unpaired) electrons. The number of nitro groups is 1. The third-order valence-electron chi connectivity index (χ3n) is 2.64. The molecule has 2 aromatic carbocycles. The van der Waals surface area contributed by atoms with Gasteiger partial charge in [0.05, 0.1) is 22.4 Å². The molecule has 0 heterocycles. The van der Waals surface area contributed by atoms with Crippen molar-refractivity contribution in [3.63, 3.8) is 0 Å². The lowest BCUT2D eigenvalue weighted by Gasteiger charge is -2.23. The molecule has 2 aromatic rings. The molecule has 0 aliphatic rings. The molecule has 1 atom stereocenters. The first kappa shape index (κ1) is 16.3. The van der Waals surface area contributed by atoms with E-state index in [1.807, 2.05) is 0 Å². The predicted molar refractivity (Wildman–Crippen MR) is 80.6 cm³/mol. The van der Waals surface area contributed by atoms with E-state index in [4.69, 9.17) is 16.2 Å². The number of benzene rings is 2. The van der Waals surface area contributed by atoms with Gasteiger partial charge in [-0.1, -0.05) is 11.6 Å². The maximum absolute atomic E-state index is 14.1. The number of hydrogen-bond donors (Lipinski definition) is 2. The van der Waals surface area contributed by atoms with Gasteiger partial charge in [-0.2, -0.15) is 0 Å². The zero-order valence-electron chi connectivity index (χ0n) is 10.8. The highest BCUT2D eigenvalue weighted by atomic mass is 35.5. The summed E-state index contributed by atoms with van der Waals surface area (Å²) in [5.74, 6) is -0.929. The Hall–Kier alpha value is -2.07. The van der Waals surface area contributed by atoms with Crippen LogP contribution in [0.15, 0.2) is 42.5 Å². The molecule has 10 heteroatoms. The normalized spacial score (nSPS) is 12.0. The molecule has 0 fully saturated rings. The molecule has 0 saturated heterocycles. The predicted octanol–water partition coefficient (Wildman–Crippen LogP) is 3.17. The highest BCUT2D eigenvalue weighted by Crippen LogP contribution is 2.29. The van der Waals surface area contributed by atoms with E-state index in [2.05, 4.69) is 4.83 Å². The van der Waals surface area contributed by atoms with Gasteiger partial charge in [0, 0.05) is 11.1 Å². The summed E-state index contributed by atoms with van der Waals surface area (Å²) in [4.78, 5) is 12.0. The van der Waals surface area contributed by atoms with Crippen molar-refractivity contribution < 1.29 is 18.1 Å². The topological polar surface area (TPSA) is 95.7 Å². The third-order valence-corrected chi connectivity index (χ3v) is 3.23. The van der Waals surface area contributed by atoms with Crippen LogP contribution in [0.25, 0.3) is 0 Å². The van der Waals surface area contributed by atoms with E-state index in [1.54, 1.807) is 0 Å². The van der Waals surface area contributed by atoms with Gasteiger partial charge in [0.1, 0.15) is 0 Å². The van der Waals surface area contributed by atoms with Crippen LogP contribution in [0, 0.1) is 15.9 Å². The minimum Gasteiger partial charge on any atom is -0.293 e. The van der Waals surface area contributed by atoms with Crippen LogP contribution in [0.3, 0.4) is 0 Å². The largest absolute Gasteiger partial charge is 0.293 e. The van der Waals surface area contributed by atoms with Crippen molar-refractivity contribution in [2.75, 3.05) is 5.01 Å². The first-order valence-electron chi connectivity index (χ1n) is 5.75. The summed E-state index contributed by atoms with van der Waals surface area (Å²) in [7, 11) is 0. The summed E-state index contributed by atoms with van der Waals surface area (Å²) < 4.78 is 34.1. The molecule has 0 amide bonds. The molecule has 22 heavy (non-hydrogen) atoms. The number of nitro benzene ring substituents is 1. The van der Waals surface area contributed by atoms with E-state index >= 15 is 0 Å². The number of anilines is 2. The van der Waals surface area contributed by atoms with Crippen LogP contribution in [-0.2, 0) is 11.3 Å². The molecule has 1 unspecified atom stereocenters. The van der Waals surface area contributed by atoms with Crippen LogP contribution in [0.4, 0.5) is 21.5 Å². The van der Waals surface area contributed by atoms with Crippen LogP contribution in [0.2, 0.25) is 5.02 Å². The lowest BCUT2D eigenvalue weighted by atomic mass is 10.2. The summed E-state index contributed by atoms with van der Waals surface area (Å²) in [6, 6.07) is 8.93. The molecule has 0 bridgehead atoms. The molecule has 0 saturated carbocycles. The lowest BCUT2D eigenvalue weighted by molar-refractivity contribution is -0.385. The van der Waals surface area contributed by atoms with Crippen molar-refractivity contribution in [3.8, 4) is 0 Å². The zero-order chi connectivity index (χ0) is 16.3. The fourth-order valence-corrected chi connectivity index (χ4v) is 2.19. The fraction of sp³-hybridized carbons (Fsp3) is 0. The molecular formula is C12H9ClFN3O4S. The van der Waals surface area contributed by atoms with Crippen molar-refractivity contribution in [1.29, 1.82) is 0 Å². The van der Waals surface area contributed by atoms with Gasteiger partial charge in [-0.15, -0.1) is 4.83 Å². The quantitative estimate of drug-likeness (QED) is 0.493. The average molecular weight is 346 g/mol. The van der Waals surface area contributed by atoms with Crippen LogP contribution in [-0.4, -0.2) is 13.7 Å². The Morgan fingerprint density at radius 3 is 2.41 bits per heavy atom. The SMILES string of the molecule is O=[N+]([O-])c1ccc(N(NS(=O)O)c2ccc(Cl)cc2)c(F)c1. The summed E-state index contributed by atoms with van der Waals surface area (Å²) in [6.45, 7) is 0. The number of rotatable bonds is 5. The van der Waals surface area contributed by atoms with E-state index in [-0.39, 0.29) is 5.69 Å². The molecular weight excluding hydrogens is 337 g/mol. The van der Waals surface area contributed by atoms with Gasteiger partial charge in [-0.05, 0) is 30.3 Å². The molecule has 0 aromatic heterocycles. The van der Waals surface area contributed by atoms with E-state index in [1.165, 1.54) is 24.3 Å². The lowest BCUT2D eigenvalue weighted by Crippen LogP contribution is -2.35. The molecule has 0 aliphatic carbocycles. The van der Waals surface area contributed by atoms with Gasteiger partial charge in [-0.3, -0.25) is 19.7 Å². The van der Waals surface area contributed by atoms with Crippen molar-refractivity contribution in [1.82, 2.24) is 4.83 Å². The van der Waals surface area contributed by atoms with Crippen LogP contribution in [0.5, 0.6) is 0 Å². The Bertz CT molecular complexity index is 729. The molecule has 2 N–H and O–H groups in total. The molecule has 0 aliphatic heterocycles. The molecule has 2 rings (SSSR count). The summed E-state index contributed by atoms with van der Waals surface area (Å²) >= 11 is 3.28. The van der Waals surface area contributed by atoms with Crippen molar-refractivity contribution in [2.24, 2.45) is 0 Å². The molecule has 0 spiro atoms. The number of nitrogens with zero attached hydrogens (tertiary/aromatic N) is 2. The number of halogens is 2. The van der Waals surface area contributed by atoms with E-state index in [9.17, 15) is 18.7 Å². The zero-order valence-corrected chi connectivity index (χ0v) is 12.3. The van der Waals surface area contributed by atoms with Crippen LogP contribution >= 0.6 is 11.6 Å². The summed E-state index contributed by atoms with van der Waals surface area (Å²) in [6.07, 6.45) is 0. The first-order chi connectivity index (χ1) is 10.4. The Balaban J connectivity index is 2.47. The maximum atomic E-state index is 14.1. The number of hydrazine groups is 1. The minimum atomic E-state index is -2.48. The van der Waals surface area contributed by atoms with Crippen LogP contribution in [0.1, 0.15) is 0 Å². The van der Waals surface area contributed by atoms with E-state index in [0.717, 1.165) is 23.2 Å². The second kappa shape index (κ2) is 6.79. The number of nitrogens with one attached hydrogen (secondary N) is 1. The van der Waals surface area contributed by atoms with Gasteiger partial charge in [-0.25, -0.2) is 8.60 Å². The van der Waals surface area contributed by atoms with Gasteiger partial charge >= 0.3 is 0 Å². The Labute approximate surface area is 131 Å².